The molecule has 0 radical (unpaired) electrons. The number of fused-ring (bicyclic) bond motifs is 1. The number of aromatic nitrogens is 3. The number of hydrogen-bond donors (Lipinski definition) is 2. The summed E-state index contributed by atoms with van der Waals surface area (Å²) in [5.41, 5.74) is 7.28. The number of benzene rings is 3. The van der Waals surface area contributed by atoms with E-state index in [2.05, 4.69) is 20.9 Å². The number of nitrogens with zero attached hydrogens (tertiary/aromatic N) is 3. The van der Waals surface area contributed by atoms with Gasteiger partial charge >= 0.3 is 0 Å². The van der Waals surface area contributed by atoms with Crippen molar-refractivity contribution in [3.05, 3.63) is 90.0 Å². The molecule has 0 aliphatic carbocycles. The number of carbonyl (C=O) groups excluding carboxylic acids is 1. The highest BCUT2D eigenvalue weighted by molar-refractivity contribution is 8.00. The number of anilines is 1. The summed E-state index contributed by atoms with van der Waals surface area (Å²) in [5, 5.41) is 12.0. The number of ether oxygens (including phenoxy) is 1. The summed E-state index contributed by atoms with van der Waals surface area (Å²) in [7, 11) is 0. The molecule has 0 unspecified atom stereocenters. The van der Waals surface area contributed by atoms with Gasteiger partial charge in [0.1, 0.15) is 11.0 Å². The number of amides is 1. The lowest BCUT2D eigenvalue weighted by Crippen LogP contribution is -2.41. The van der Waals surface area contributed by atoms with Gasteiger partial charge in [-0.2, -0.15) is 0 Å². The zero-order chi connectivity index (χ0) is 23.5. The first-order valence-electron chi connectivity index (χ1n) is 11.2. The van der Waals surface area contributed by atoms with Crippen molar-refractivity contribution in [3.8, 4) is 17.1 Å². The topological polar surface area (TPSA) is 81.1 Å². The van der Waals surface area contributed by atoms with Gasteiger partial charge in [0.2, 0.25) is 11.1 Å². The number of thioether (sulfide) groups is 1. The first-order valence-corrected chi connectivity index (χ1v) is 12.0. The van der Waals surface area contributed by atoms with Gasteiger partial charge in [0.15, 0.2) is 5.82 Å². The van der Waals surface area contributed by atoms with E-state index >= 15 is 0 Å². The number of aryl methyl sites for hydroxylation is 1. The number of rotatable bonds is 6. The first kappa shape index (κ1) is 22.0. The molecule has 2 N–H and O–H groups in total. The number of nitrogens with one attached hydrogen (secondary N) is 2. The Morgan fingerprint density at radius 3 is 2.59 bits per heavy atom. The molecule has 0 bridgehead atoms. The molecule has 0 saturated carbocycles. The summed E-state index contributed by atoms with van der Waals surface area (Å²) < 4.78 is 7.48. The molecule has 5 rings (SSSR count). The van der Waals surface area contributed by atoms with Gasteiger partial charge in [-0.1, -0.05) is 66.4 Å². The average Bonchev–Trinajstić information content (AvgIpc) is 3.27. The van der Waals surface area contributed by atoms with Gasteiger partial charge in [0, 0.05) is 11.3 Å². The third-order valence-corrected chi connectivity index (χ3v) is 6.78. The van der Waals surface area contributed by atoms with E-state index in [1.165, 1.54) is 11.8 Å². The predicted molar refractivity (Wildman–Crippen MR) is 135 cm³/mol. The molecule has 172 valence electrons. The molecule has 2 heterocycles. The molecule has 3 aromatic carbocycles. The second kappa shape index (κ2) is 9.61. The van der Waals surface area contributed by atoms with Crippen molar-refractivity contribution in [1.82, 2.24) is 14.9 Å². The van der Waals surface area contributed by atoms with Gasteiger partial charge in [-0.3, -0.25) is 4.79 Å². The second-order valence-electron chi connectivity index (χ2n) is 8.01. The summed E-state index contributed by atoms with van der Waals surface area (Å²) in [5.74, 6) is 1.40. The standard InChI is InChI=1S/C26H25N5O2S/c1-3-33-21-14-12-18(13-15-21)22-23(25(32)27-20-11-7-8-17(2)16-20)34-26-29-28-24(31(26)30-22)19-9-5-4-6-10-19/h4-16,22-23,30H,3H2,1-2H3,(H,27,32)/t22-,23+/m1/s1. The monoisotopic (exact) mass is 471 g/mol. The maximum atomic E-state index is 13.5. The van der Waals surface area contributed by atoms with Crippen LogP contribution in [0.5, 0.6) is 5.75 Å². The van der Waals surface area contributed by atoms with E-state index in [9.17, 15) is 4.79 Å². The van der Waals surface area contributed by atoms with Crippen molar-refractivity contribution < 1.29 is 9.53 Å². The zero-order valence-electron chi connectivity index (χ0n) is 18.9. The van der Waals surface area contributed by atoms with E-state index in [1.807, 2.05) is 97.4 Å². The molecule has 4 aromatic rings. The van der Waals surface area contributed by atoms with Crippen molar-refractivity contribution in [2.75, 3.05) is 17.3 Å². The molecule has 8 heteroatoms. The normalized spacial score (nSPS) is 16.9. The third-order valence-electron chi connectivity index (χ3n) is 5.56. The Labute approximate surface area is 202 Å². The Morgan fingerprint density at radius 2 is 1.85 bits per heavy atom. The van der Waals surface area contributed by atoms with E-state index in [1.54, 1.807) is 0 Å². The average molecular weight is 472 g/mol. The smallest absolute Gasteiger partial charge is 0.240 e. The lowest BCUT2D eigenvalue weighted by atomic mass is 10.0. The highest BCUT2D eigenvalue weighted by atomic mass is 32.2. The van der Waals surface area contributed by atoms with Crippen LogP contribution in [0.3, 0.4) is 0 Å². The maximum absolute atomic E-state index is 13.5. The van der Waals surface area contributed by atoms with Gasteiger partial charge in [-0.05, 0) is 49.2 Å². The van der Waals surface area contributed by atoms with Crippen LogP contribution in [0.15, 0.2) is 84.0 Å². The molecule has 34 heavy (non-hydrogen) atoms. The number of hydrogen-bond acceptors (Lipinski definition) is 6. The van der Waals surface area contributed by atoms with Crippen LogP contribution in [0, 0.1) is 6.92 Å². The highest BCUT2D eigenvalue weighted by Gasteiger charge is 2.38. The molecule has 7 nitrogen and oxygen atoms in total. The quantitative estimate of drug-likeness (QED) is 0.410. The van der Waals surface area contributed by atoms with Crippen LogP contribution in [0.2, 0.25) is 0 Å². The van der Waals surface area contributed by atoms with Crippen molar-refractivity contribution in [2.45, 2.75) is 30.3 Å². The molecule has 1 amide bonds. The van der Waals surface area contributed by atoms with Crippen LogP contribution in [0.1, 0.15) is 24.1 Å². The van der Waals surface area contributed by atoms with Crippen molar-refractivity contribution in [3.63, 3.8) is 0 Å². The van der Waals surface area contributed by atoms with Crippen LogP contribution in [-0.4, -0.2) is 32.6 Å². The number of carbonyl (C=O) groups is 1. The molecule has 0 fully saturated rings. The largest absolute Gasteiger partial charge is 0.494 e. The van der Waals surface area contributed by atoms with E-state index in [0.717, 1.165) is 28.1 Å². The van der Waals surface area contributed by atoms with Crippen molar-refractivity contribution in [2.24, 2.45) is 0 Å². The molecule has 1 aliphatic heterocycles. The van der Waals surface area contributed by atoms with E-state index in [-0.39, 0.29) is 11.9 Å². The lowest BCUT2D eigenvalue weighted by Gasteiger charge is -2.33. The summed E-state index contributed by atoms with van der Waals surface area (Å²) in [6.07, 6.45) is 0. The fourth-order valence-electron chi connectivity index (χ4n) is 3.95. The van der Waals surface area contributed by atoms with E-state index in [0.29, 0.717) is 17.6 Å². The Balaban J connectivity index is 1.50. The van der Waals surface area contributed by atoms with Gasteiger partial charge in [0.25, 0.3) is 0 Å². The predicted octanol–water partition coefficient (Wildman–Crippen LogP) is 5.05. The Bertz CT molecular complexity index is 1290. The minimum Gasteiger partial charge on any atom is -0.494 e. The SMILES string of the molecule is CCOc1ccc([C@H]2Nn3c(nnc3-c3ccccc3)S[C@@H]2C(=O)Nc2cccc(C)c2)cc1. The van der Waals surface area contributed by atoms with Crippen LogP contribution in [0.4, 0.5) is 5.69 Å². The zero-order valence-corrected chi connectivity index (χ0v) is 19.8. The van der Waals surface area contributed by atoms with Gasteiger partial charge in [-0.15, -0.1) is 10.2 Å². The van der Waals surface area contributed by atoms with Crippen LogP contribution in [-0.2, 0) is 4.79 Å². The van der Waals surface area contributed by atoms with Crippen molar-refractivity contribution >= 4 is 23.4 Å². The van der Waals surface area contributed by atoms with Crippen LogP contribution in [0.25, 0.3) is 11.4 Å². The van der Waals surface area contributed by atoms with Gasteiger partial charge in [-0.25, -0.2) is 4.68 Å². The molecule has 0 spiro atoms. The van der Waals surface area contributed by atoms with Crippen LogP contribution >= 0.6 is 11.8 Å². The summed E-state index contributed by atoms with van der Waals surface area (Å²) in [6.45, 7) is 4.56. The fraction of sp³-hybridized carbons (Fsp3) is 0.192. The fourth-order valence-corrected chi connectivity index (χ4v) is 5.03. The Hall–Kier alpha value is -3.78. The third kappa shape index (κ3) is 4.49. The lowest BCUT2D eigenvalue weighted by molar-refractivity contribution is -0.116. The first-order chi connectivity index (χ1) is 16.6. The summed E-state index contributed by atoms with van der Waals surface area (Å²) >= 11 is 1.41. The highest BCUT2D eigenvalue weighted by Crippen LogP contribution is 2.39. The van der Waals surface area contributed by atoms with Gasteiger partial charge < -0.3 is 15.5 Å². The summed E-state index contributed by atoms with van der Waals surface area (Å²) in [6, 6.07) is 25.2. The van der Waals surface area contributed by atoms with Gasteiger partial charge in [0.05, 0.1) is 12.6 Å². The molecular formula is C26H25N5O2S. The minimum absolute atomic E-state index is 0.0995. The summed E-state index contributed by atoms with van der Waals surface area (Å²) in [4.78, 5) is 13.5. The van der Waals surface area contributed by atoms with Crippen molar-refractivity contribution in [1.29, 1.82) is 0 Å². The van der Waals surface area contributed by atoms with E-state index < -0.39 is 5.25 Å². The Morgan fingerprint density at radius 1 is 1.06 bits per heavy atom. The second-order valence-corrected chi connectivity index (χ2v) is 9.12. The van der Waals surface area contributed by atoms with E-state index in [4.69, 9.17) is 4.74 Å². The van der Waals surface area contributed by atoms with Crippen LogP contribution < -0.4 is 15.5 Å². The molecule has 0 saturated heterocycles. The maximum Gasteiger partial charge on any atom is 0.240 e. The molecule has 2 atom stereocenters. The minimum atomic E-state index is -0.459. The molecular weight excluding hydrogens is 446 g/mol. The molecule has 1 aliphatic rings. The molecule has 1 aromatic heterocycles. The Kier molecular flexibility index (Phi) is 6.22.